The number of para-hydroxylation sites is 2. The Kier molecular flexibility index (Phi) is 6.70. The number of carbonyl (C=O) groups is 1. The van der Waals surface area contributed by atoms with Crippen molar-refractivity contribution in [3.05, 3.63) is 53.1 Å². The minimum atomic E-state index is -3.42. The van der Waals surface area contributed by atoms with Crippen molar-refractivity contribution in [2.75, 3.05) is 30.9 Å². The van der Waals surface area contributed by atoms with Crippen molar-refractivity contribution >= 4 is 33.0 Å². The molecule has 3 rings (SSSR count). The summed E-state index contributed by atoms with van der Waals surface area (Å²) < 4.78 is 29.7. The maximum atomic E-state index is 12.8. The Bertz CT molecular complexity index is 994. The molecule has 8 heteroatoms. The van der Waals surface area contributed by atoms with Crippen LogP contribution in [0, 0.1) is 0 Å². The molecule has 0 radical (unpaired) electrons. The number of benzene rings is 2. The van der Waals surface area contributed by atoms with E-state index in [9.17, 15) is 13.2 Å². The molecule has 6 nitrogen and oxygen atoms in total. The minimum Gasteiger partial charge on any atom is -0.495 e. The highest BCUT2D eigenvalue weighted by atomic mass is 35.5. The molecule has 1 heterocycles. The molecule has 156 valence electrons. The number of piperidine rings is 1. The fraction of sp³-hybridized carbons (Fsp3) is 0.381. The van der Waals surface area contributed by atoms with Crippen LogP contribution in [0.5, 0.6) is 5.75 Å². The molecule has 29 heavy (non-hydrogen) atoms. The lowest BCUT2D eigenvalue weighted by atomic mass is 10.0. The Balaban J connectivity index is 1.76. The van der Waals surface area contributed by atoms with Crippen LogP contribution >= 0.6 is 11.6 Å². The van der Waals surface area contributed by atoms with Crippen LogP contribution in [0.15, 0.2) is 47.4 Å². The molecular weight excluding hydrogens is 412 g/mol. The van der Waals surface area contributed by atoms with Gasteiger partial charge in [0.25, 0.3) is 5.91 Å². The quantitative estimate of drug-likeness (QED) is 0.749. The third kappa shape index (κ3) is 4.85. The van der Waals surface area contributed by atoms with E-state index >= 15 is 0 Å². The van der Waals surface area contributed by atoms with E-state index in [1.807, 2.05) is 24.3 Å². The average molecular weight is 437 g/mol. The van der Waals surface area contributed by atoms with Gasteiger partial charge in [-0.15, -0.1) is 0 Å². The predicted molar refractivity (Wildman–Crippen MR) is 115 cm³/mol. The molecule has 1 N–H and O–H groups in total. The Morgan fingerprint density at radius 3 is 2.76 bits per heavy atom. The summed E-state index contributed by atoms with van der Waals surface area (Å²) >= 11 is 6.18. The van der Waals surface area contributed by atoms with E-state index in [1.165, 1.54) is 18.2 Å². The SMILES string of the molecule is CCS(=O)(=O)c1ccc(Cl)c(C(=O)NC2CCCN(c3ccccc3OC)C2)c1. The fourth-order valence-electron chi connectivity index (χ4n) is 3.51. The summed E-state index contributed by atoms with van der Waals surface area (Å²) in [6.45, 7) is 3.08. The van der Waals surface area contributed by atoms with Crippen LogP contribution in [-0.2, 0) is 9.84 Å². The number of amides is 1. The molecule has 0 saturated carbocycles. The van der Waals surface area contributed by atoms with Crippen LogP contribution in [-0.4, -0.2) is 46.3 Å². The second kappa shape index (κ2) is 9.05. The number of hydrogen-bond donors (Lipinski definition) is 1. The van der Waals surface area contributed by atoms with Gasteiger partial charge in [-0.3, -0.25) is 4.79 Å². The number of carbonyl (C=O) groups excluding carboxylic acids is 1. The topological polar surface area (TPSA) is 75.7 Å². The van der Waals surface area contributed by atoms with Gasteiger partial charge in [-0.2, -0.15) is 0 Å². The number of methoxy groups -OCH3 is 1. The molecule has 1 saturated heterocycles. The summed E-state index contributed by atoms with van der Waals surface area (Å²) in [7, 11) is -1.78. The molecule has 1 unspecified atom stereocenters. The highest BCUT2D eigenvalue weighted by molar-refractivity contribution is 7.91. The molecule has 0 aromatic heterocycles. The first-order valence-electron chi connectivity index (χ1n) is 9.57. The van der Waals surface area contributed by atoms with Crippen molar-refractivity contribution in [2.45, 2.75) is 30.7 Å². The Morgan fingerprint density at radius 1 is 1.28 bits per heavy atom. The van der Waals surface area contributed by atoms with Gasteiger partial charge in [0, 0.05) is 19.1 Å². The summed E-state index contributed by atoms with van der Waals surface area (Å²) in [4.78, 5) is 15.1. The Hall–Kier alpha value is -2.25. The standard InChI is InChI=1S/C21H25ClN2O4S/c1-3-29(26,27)16-10-11-18(22)17(13-16)21(25)23-15-7-6-12-24(14-15)19-8-4-5-9-20(19)28-2/h4-5,8-11,13,15H,3,6-7,12,14H2,1-2H3,(H,23,25). The van der Waals surface area contributed by atoms with E-state index in [2.05, 4.69) is 10.2 Å². The fourth-order valence-corrected chi connectivity index (χ4v) is 4.62. The van der Waals surface area contributed by atoms with Crippen molar-refractivity contribution in [3.8, 4) is 5.75 Å². The Morgan fingerprint density at radius 2 is 2.03 bits per heavy atom. The van der Waals surface area contributed by atoms with E-state index in [-0.39, 0.29) is 33.2 Å². The molecule has 0 spiro atoms. The van der Waals surface area contributed by atoms with Crippen LogP contribution in [0.3, 0.4) is 0 Å². The van der Waals surface area contributed by atoms with Gasteiger partial charge in [0.2, 0.25) is 0 Å². The summed E-state index contributed by atoms with van der Waals surface area (Å²) in [5.41, 5.74) is 1.17. The third-order valence-corrected chi connectivity index (χ3v) is 7.17. The van der Waals surface area contributed by atoms with E-state index in [0.717, 1.165) is 30.8 Å². The van der Waals surface area contributed by atoms with Crippen LogP contribution in [0.2, 0.25) is 5.02 Å². The first kappa shape index (κ1) is 21.5. The van der Waals surface area contributed by atoms with E-state index in [1.54, 1.807) is 14.0 Å². The van der Waals surface area contributed by atoms with Crippen molar-refractivity contribution in [1.82, 2.24) is 5.32 Å². The monoisotopic (exact) mass is 436 g/mol. The van der Waals surface area contributed by atoms with Crippen molar-refractivity contribution in [2.24, 2.45) is 0 Å². The number of nitrogens with zero attached hydrogens (tertiary/aromatic N) is 1. The average Bonchev–Trinajstić information content (AvgIpc) is 2.74. The second-order valence-electron chi connectivity index (χ2n) is 6.98. The molecular formula is C21H25ClN2O4S. The van der Waals surface area contributed by atoms with Crippen LogP contribution < -0.4 is 15.0 Å². The lowest BCUT2D eigenvalue weighted by Gasteiger charge is -2.35. The Labute approximate surface area is 176 Å². The summed E-state index contributed by atoms with van der Waals surface area (Å²) in [6.07, 6.45) is 1.75. The highest BCUT2D eigenvalue weighted by Crippen LogP contribution is 2.30. The van der Waals surface area contributed by atoms with E-state index in [0.29, 0.717) is 6.54 Å². The van der Waals surface area contributed by atoms with Gasteiger partial charge in [-0.05, 0) is 43.2 Å². The number of sulfone groups is 1. The molecule has 0 aliphatic carbocycles. The van der Waals surface area contributed by atoms with Gasteiger partial charge in [0.05, 0.1) is 34.0 Å². The van der Waals surface area contributed by atoms with Gasteiger partial charge in [0.1, 0.15) is 5.75 Å². The molecule has 1 atom stereocenters. The maximum Gasteiger partial charge on any atom is 0.253 e. The van der Waals surface area contributed by atoms with Crippen LogP contribution in [0.4, 0.5) is 5.69 Å². The van der Waals surface area contributed by atoms with Crippen LogP contribution in [0.1, 0.15) is 30.1 Å². The van der Waals surface area contributed by atoms with Gasteiger partial charge in [0.15, 0.2) is 9.84 Å². The zero-order valence-electron chi connectivity index (χ0n) is 16.5. The van der Waals surface area contributed by atoms with Gasteiger partial charge >= 0.3 is 0 Å². The maximum absolute atomic E-state index is 12.8. The normalized spacial score (nSPS) is 17.1. The van der Waals surface area contributed by atoms with E-state index in [4.69, 9.17) is 16.3 Å². The molecule has 2 aromatic rings. The van der Waals surface area contributed by atoms with Gasteiger partial charge in [-0.1, -0.05) is 30.7 Å². The number of anilines is 1. The number of ether oxygens (including phenoxy) is 1. The molecule has 1 aliphatic rings. The molecule has 1 aliphatic heterocycles. The second-order valence-corrected chi connectivity index (χ2v) is 9.66. The largest absolute Gasteiger partial charge is 0.495 e. The smallest absolute Gasteiger partial charge is 0.253 e. The number of rotatable bonds is 6. The third-order valence-electron chi connectivity index (χ3n) is 5.10. The van der Waals surface area contributed by atoms with E-state index < -0.39 is 9.84 Å². The first-order chi connectivity index (χ1) is 13.9. The van der Waals surface area contributed by atoms with Gasteiger partial charge in [-0.25, -0.2) is 8.42 Å². The highest BCUT2D eigenvalue weighted by Gasteiger charge is 2.25. The van der Waals surface area contributed by atoms with Crippen LogP contribution in [0.25, 0.3) is 0 Å². The van der Waals surface area contributed by atoms with Crippen molar-refractivity contribution in [3.63, 3.8) is 0 Å². The van der Waals surface area contributed by atoms with Crippen molar-refractivity contribution in [1.29, 1.82) is 0 Å². The lowest BCUT2D eigenvalue weighted by Crippen LogP contribution is -2.48. The summed E-state index contributed by atoms with van der Waals surface area (Å²) in [6, 6.07) is 12.0. The number of halogens is 1. The first-order valence-corrected chi connectivity index (χ1v) is 11.6. The number of hydrogen-bond acceptors (Lipinski definition) is 5. The van der Waals surface area contributed by atoms with Gasteiger partial charge < -0.3 is 15.0 Å². The summed E-state index contributed by atoms with van der Waals surface area (Å²) in [5, 5.41) is 3.24. The van der Waals surface area contributed by atoms with Crippen molar-refractivity contribution < 1.29 is 17.9 Å². The summed E-state index contributed by atoms with van der Waals surface area (Å²) in [5.74, 6) is 0.390. The lowest BCUT2D eigenvalue weighted by molar-refractivity contribution is 0.0933. The molecule has 2 aromatic carbocycles. The molecule has 0 bridgehead atoms. The molecule has 1 fully saturated rings. The zero-order valence-corrected chi connectivity index (χ0v) is 18.1. The zero-order chi connectivity index (χ0) is 21.0. The minimum absolute atomic E-state index is 0.0355. The molecule has 1 amide bonds. The number of nitrogens with one attached hydrogen (secondary N) is 1. The predicted octanol–water partition coefficient (Wildman–Crippen LogP) is 3.54.